The third kappa shape index (κ3) is 8.05. The average molecular weight is 548 g/mol. The van der Waals surface area contributed by atoms with Crippen LogP contribution in [0.5, 0.6) is 5.75 Å². The Morgan fingerprint density at radius 1 is 1.07 bits per heavy atom. The van der Waals surface area contributed by atoms with Gasteiger partial charge in [0.05, 0.1) is 18.6 Å². The van der Waals surface area contributed by atoms with E-state index in [9.17, 15) is 14.7 Å². The van der Waals surface area contributed by atoms with Crippen LogP contribution >= 0.6 is 0 Å². The van der Waals surface area contributed by atoms with Crippen LogP contribution in [0.1, 0.15) is 44.2 Å². The lowest BCUT2D eigenvalue weighted by Crippen LogP contribution is -2.51. The first-order valence-corrected chi connectivity index (χ1v) is 14.4. The number of methoxy groups -OCH3 is 1. The Labute approximate surface area is 239 Å². The van der Waals surface area contributed by atoms with E-state index in [1.54, 1.807) is 25.3 Å². The van der Waals surface area contributed by atoms with Gasteiger partial charge in [-0.15, -0.1) is 0 Å². The zero-order valence-corrected chi connectivity index (χ0v) is 24.1. The van der Waals surface area contributed by atoms with Gasteiger partial charge in [0.15, 0.2) is 0 Å². The third-order valence-electron chi connectivity index (χ3n) is 7.68. The van der Waals surface area contributed by atoms with Gasteiger partial charge in [0.25, 0.3) is 0 Å². The number of benzene rings is 2. The number of hydrogen-bond acceptors (Lipinski definition) is 5. The van der Waals surface area contributed by atoms with Gasteiger partial charge in [0.2, 0.25) is 11.8 Å². The monoisotopic (exact) mass is 547 g/mol. The minimum atomic E-state index is -1.20. The van der Waals surface area contributed by atoms with E-state index in [2.05, 4.69) is 5.32 Å². The summed E-state index contributed by atoms with van der Waals surface area (Å²) in [5.41, 5.74) is 7.60. The third-order valence-corrected chi connectivity index (χ3v) is 7.68. The van der Waals surface area contributed by atoms with Crippen LogP contribution in [0.25, 0.3) is 0 Å². The fourth-order valence-corrected chi connectivity index (χ4v) is 5.56. The number of primary amides is 1. The number of amides is 2. The maximum Gasteiger partial charge on any atom is 0.249 e. The largest absolute Gasteiger partial charge is 0.497 e. The molecule has 2 aromatic carbocycles. The first kappa shape index (κ1) is 31.1. The smallest absolute Gasteiger partial charge is 0.249 e. The summed E-state index contributed by atoms with van der Waals surface area (Å²) < 4.78 is 5.31. The number of aliphatic hydroxyl groups excluding tert-OH is 1. The molecule has 2 aromatic rings. The van der Waals surface area contributed by atoms with Crippen molar-refractivity contribution in [3.05, 3.63) is 89.5 Å². The van der Waals surface area contributed by atoms with Crippen molar-refractivity contribution in [2.24, 2.45) is 17.1 Å². The molecule has 4 N–H and O–H groups in total. The minimum Gasteiger partial charge on any atom is -0.497 e. The molecule has 0 bridgehead atoms. The SMILES string of the molecule is CCCN(CCC)C(=O)C1=CC=CC(C(N)=O)([C@H](Cc2ccccc2)C(O)CNCCc2cccc(OC)c2)C1. The molecule has 0 aromatic heterocycles. The number of aliphatic hydroxyl groups is 1. The molecule has 7 heteroatoms. The molecule has 7 nitrogen and oxygen atoms in total. The van der Waals surface area contributed by atoms with Crippen LogP contribution in [-0.2, 0) is 22.4 Å². The topological polar surface area (TPSA) is 105 Å². The summed E-state index contributed by atoms with van der Waals surface area (Å²) in [6.45, 7) is 6.34. The van der Waals surface area contributed by atoms with E-state index in [4.69, 9.17) is 10.5 Å². The Hall–Kier alpha value is -3.42. The number of carbonyl (C=O) groups excluding carboxylic acids is 2. The van der Waals surface area contributed by atoms with Gasteiger partial charge in [-0.05, 0) is 61.9 Å². The van der Waals surface area contributed by atoms with Gasteiger partial charge in [-0.3, -0.25) is 9.59 Å². The van der Waals surface area contributed by atoms with Crippen LogP contribution in [0.2, 0.25) is 0 Å². The molecular formula is C33H45N3O4. The molecule has 3 rings (SSSR count). The molecule has 3 atom stereocenters. The second-order valence-corrected chi connectivity index (χ2v) is 10.6. The van der Waals surface area contributed by atoms with E-state index >= 15 is 0 Å². The maximum absolute atomic E-state index is 13.5. The number of hydrogen-bond donors (Lipinski definition) is 3. The van der Waals surface area contributed by atoms with Crippen LogP contribution < -0.4 is 15.8 Å². The number of rotatable bonds is 16. The van der Waals surface area contributed by atoms with E-state index in [-0.39, 0.29) is 18.9 Å². The molecule has 40 heavy (non-hydrogen) atoms. The second kappa shape index (κ2) is 15.4. The van der Waals surface area contributed by atoms with Crippen molar-refractivity contribution in [1.82, 2.24) is 10.2 Å². The number of nitrogens with one attached hydrogen (secondary N) is 1. The number of nitrogens with two attached hydrogens (primary N) is 1. The first-order valence-electron chi connectivity index (χ1n) is 14.4. The Morgan fingerprint density at radius 3 is 2.42 bits per heavy atom. The highest BCUT2D eigenvalue weighted by Gasteiger charge is 2.47. The zero-order chi connectivity index (χ0) is 29.0. The van der Waals surface area contributed by atoms with Gasteiger partial charge in [-0.1, -0.05) is 74.5 Å². The minimum absolute atomic E-state index is 0.0666. The summed E-state index contributed by atoms with van der Waals surface area (Å²) in [6.07, 6.45) is 7.56. The van der Waals surface area contributed by atoms with Gasteiger partial charge in [-0.2, -0.15) is 0 Å². The first-order chi connectivity index (χ1) is 19.3. The van der Waals surface area contributed by atoms with Crippen molar-refractivity contribution in [3.63, 3.8) is 0 Å². The van der Waals surface area contributed by atoms with Crippen LogP contribution in [0, 0.1) is 11.3 Å². The van der Waals surface area contributed by atoms with E-state index < -0.39 is 23.3 Å². The van der Waals surface area contributed by atoms with E-state index in [1.165, 1.54) is 0 Å². The van der Waals surface area contributed by atoms with Gasteiger partial charge in [0.1, 0.15) is 5.75 Å². The molecule has 0 fully saturated rings. The lowest BCUT2D eigenvalue weighted by Gasteiger charge is -2.41. The van der Waals surface area contributed by atoms with Crippen LogP contribution in [0.4, 0.5) is 0 Å². The van der Waals surface area contributed by atoms with E-state index in [1.807, 2.05) is 73.3 Å². The van der Waals surface area contributed by atoms with E-state index in [0.29, 0.717) is 31.6 Å². The summed E-state index contributed by atoms with van der Waals surface area (Å²) >= 11 is 0. The lowest BCUT2D eigenvalue weighted by molar-refractivity contribution is -0.132. The summed E-state index contributed by atoms with van der Waals surface area (Å²) in [6, 6.07) is 17.7. The summed E-state index contributed by atoms with van der Waals surface area (Å²) in [5, 5.41) is 14.9. The fourth-order valence-electron chi connectivity index (χ4n) is 5.56. The predicted molar refractivity (Wildman–Crippen MR) is 160 cm³/mol. The van der Waals surface area contributed by atoms with E-state index in [0.717, 1.165) is 36.1 Å². The highest BCUT2D eigenvalue weighted by molar-refractivity contribution is 5.96. The molecule has 216 valence electrons. The van der Waals surface area contributed by atoms with Crippen molar-refractivity contribution in [2.45, 2.75) is 52.1 Å². The average Bonchev–Trinajstić information content (AvgIpc) is 2.98. The number of ether oxygens (including phenoxy) is 1. The fraction of sp³-hybridized carbons (Fsp3) is 0.455. The maximum atomic E-state index is 13.5. The van der Waals surface area contributed by atoms with Gasteiger partial charge >= 0.3 is 0 Å². The molecule has 1 aliphatic carbocycles. The number of allylic oxidation sites excluding steroid dienone is 2. The van der Waals surface area contributed by atoms with Gasteiger partial charge in [-0.25, -0.2) is 0 Å². The van der Waals surface area contributed by atoms with Crippen LogP contribution in [-0.4, -0.2) is 61.2 Å². The second-order valence-electron chi connectivity index (χ2n) is 10.6. The van der Waals surface area contributed by atoms with Gasteiger partial charge in [0, 0.05) is 31.1 Å². The standard InChI is InChI=1S/C33H45N3O4/c1-4-19-36(20-5-2)31(38)27-14-10-17-33(23-27,32(34)39)29(22-25-11-7-6-8-12-25)30(37)24-35-18-16-26-13-9-15-28(21-26)40-3/h6-15,17,21,29-30,35,37H,4-5,16,18-20,22-24H2,1-3H3,(H2,34,39)/t29-,30?,33?/m1/s1. The molecule has 0 heterocycles. The molecule has 1 aliphatic rings. The van der Waals surface area contributed by atoms with Crippen molar-refractivity contribution in [2.75, 3.05) is 33.3 Å². The lowest BCUT2D eigenvalue weighted by atomic mass is 9.64. The van der Waals surface area contributed by atoms with Gasteiger partial charge < -0.3 is 25.8 Å². The highest BCUT2D eigenvalue weighted by Crippen LogP contribution is 2.43. The van der Waals surface area contributed by atoms with Crippen LogP contribution in [0.3, 0.4) is 0 Å². The zero-order valence-electron chi connectivity index (χ0n) is 24.1. The highest BCUT2D eigenvalue weighted by atomic mass is 16.5. The molecule has 2 unspecified atom stereocenters. The summed E-state index contributed by atoms with van der Waals surface area (Å²) in [7, 11) is 1.65. The van der Waals surface area contributed by atoms with Crippen molar-refractivity contribution in [3.8, 4) is 5.75 Å². The van der Waals surface area contributed by atoms with Crippen molar-refractivity contribution < 1.29 is 19.4 Å². The Bertz CT molecular complexity index is 1160. The van der Waals surface area contributed by atoms with Crippen molar-refractivity contribution in [1.29, 1.82) is 0 Å². The predicted octanol–water partition coefficient (Wildman–Crippen LogP) is 4.05. The Kier molecular flexibility index (Phi) is 12.0. The molecule has 0 spiro atoms. The summed E-state index contributed by atoms with van der Waals surface area (Å²) in [4.78, 5) is 28.6. The quantitative estimate of drug-likeness (QED) is 0.275. The number of carbonyl (C=O) groups is 2. The normalized spacial score (nSPS) is 18.1. The van der Waals surface area contributed by atoms with Crippen LogP contribution in [0.15, 0.2) is 78.4 Å². The molecule has 0 saturated heterocycles. The molecule has 2 amide bonds. The Morgan fingerprint density at radius 2 is 1.77 bits per heavy atom. The Balaban J connectivity index is 1.81. The molecular weight excluding hydrogens is 502 g/mol. The number of nitrogens with zero attached hydrogens (tertiary/aromatic N) is 1. The molecule has 0 radical (unpaired) electrons. The molecule has 0 aliphatic heterocycles. The summed E-state index contributed by atoms with van der Waals surface area (Å²) in [5.74, 6) is -0.322. The van der Waals surface area contributed by atoms with Crippen molar-refractivity contribution >= 4 is 11.8 Å². The molecule has 0 saturated carbocycles.